The number of pyridine rings is 1. The molecule has 2 aliphatic rings. The van der Waals surface area contributed by atoms with Crippen LogP contribution in [0, 0.1) is 12.8 Å². The van der Waals surface area contributed by atoms with Crippen molar-refractivity contribution in [1.82, 2.24) is 9.47 Å². The highest BCUT2D eigenvalue weighted by Crippen LogP contribution is 2.34. The lowest BCUT2D eigenvalue weighted by molar-refractivity contribution is -0.136. The van der Waals surface area contributed by atoms with Gasteiger partial charge in [-0.2, -0.15) is 0 Å². The average molecular weight is 338 g/mol. The Bertz CT molecular complexity index is 858. The van der Waals surface area contributed by atoms with Gasteiger partial charge in [-0.15, -0.1) is 0 Å². The number of rotatable bonds is 3. The highest BCUT2D eigenvalue weighted by molar-refractivity contribution is 5.78. The standard InChI is InChI=1S/C20H22N2O3/c1-14-5-2-3-7-18(14)25-13-20(24)21-10-15-9-16(12-21)17-6-4-8-19(23)22(17)11-15/h2-8,15-16H,9-13H2,1H3/t15-,16-/m0/s1. The van der Waals surface area contributed by atoms with Crippen molar-refractivity contribution in [3.63, 3.8) is 0 Å². The largest absolute Gasteiger partial charge is 0.484 e. The quantitative estimate of drug-likeness (QED) is 0.862. The second kappa shape index (κ2) is 6.39. The number of amides is 1. The molecule has 25 heavy (non-hydrogen) atoms. The van der Waals surface area contributed by atoms with Crippen LogP contribution in [0.3, 0.4) is 0 Å². The topological polar surface area (TPSA) is 51.5 Å². The molecule has 2 bridgehead atoms. The first kappa shape index (κ1) is 15.9. The van der Waals surface area contributed by atoms with Crippen molar-refractivity contribution in [2.75, 3.05) is 19.7 Å². The fourth-order valence-electron chi connectivity index (χ4n) is 4.05. The van der Waals surface area contributed by atoms with Gasteiger partial charge in [0, 0.05) is 37.3 Å². The van der Waals surface area contributed by atoms with Crippen molar-refractivity contribution in [3.05, 3.63) is 64.1 Å². The molecule has 1 fully saturated rings. The minimum atomic E-state index is 0.0182. The lowest BCUT2D eigenvalue weighted by Crippen LogP contribution is -2.50. The minimum Gasteiger partial charge on any atom is -0.484 e. The molecule has 0 unspecified atom stereocenters. The summed E-state index contributed by atoms with van der Waals surface area (Å²) in [5, 5.41) is 0. The monoisotopic (exact) mass is 338 g/mol. The van der Waals surface area contributed by atoms with Crippen molar-refractivity contribution in [2.24, 2.45) is 5.92 Å². The molecular formula is C20H22N2O3. The van der Waals surface area contributed by atoms with Crippen LogP contribution in [0.25, 0.3) is 0 Å². The molecule has 0 spiro atoms. The number of benzene rings is 1. The van der Waals surface area contributed by atoms with E-state index in [2.05, 4.69) is 0 Å². The van der Waals surface area contributed by atoms with E-state index in [9.17, 15) is 9.59 Å². The SMILES string of the molecule is Cc1ccccc1OCC(=O)N1C[C@@H]2C[C@@H](C1)c1cccc(=O)n1C2. The number of fused-ring (bicyclic) bond motifs is 4. The van der Waals surface area contributed by atoms with Crippen LogP contribution in [0.1, 0.15) is 23.6 Å². The third-order valence-corrected chi connectivity index (χ3v) is 5.28. The Morgan fingerprint density at radius 1 is 1.12 bits per heavy atom. The maximum atomic E-state index is 12.6. The number of aryl methyl sites for hydroxylation is 1. The Kier molecular flexibility index (Phi) is 4.07. The van der Waals surface area contributed by atoms with Gasteiger partial charge in [0.25, 0.3) is 11.5 Å². The van der Waals surface area contributed by atoms with E-state index in [1.54, 1.807) is 6.07 Å². The number of nitrogens with zero attached hydrogens (tertiary/aromatic N) is 2. The number of likely N-dealkylation sites (tertiary alicyclic amines) is 1. The predicted octanol–water partition coefficient (Wildman–Crippen LogP) is 2.18. The molecule has 5 nitrogen and oxygen atoms in total. The van der Waals surface area contributed by atoms with Crippen LogP contribution in [-0.4, -0.2) is 35.1 Å². The van der Waals surface area contributed by atoms with Crippen molar-refractivity contribution < 1.29 is 9.53 Å². The summed E-state index contributed by atoms with van der Waals surface area (Å²) in [5.74, 6) is 1.35. The van der Waals surface area contributed by atoms with E-state index in [0.717, 1.165) is 23.4 Å². The molecule has 2 atom stereocenters. The number of carbonyl (C=O) groups is 1. The van der Waals surface area contributed by atoms with E-state index in [0.29, 0.717) is 25.6 Å². The van der Waals surface area contributed by atoms with Gasteiger partial charge in [-0.1, -0.05) is 24.3 Å². The maximum absolute atomic E-state index is 12.6. The summed E-state index contributed by atoms with van der Waals surface area (Å²) in [6, 6.07) is 13.2. The van der Waals surface area contributed by atoms with Crippen molar-refractivity contribution in [3.8, 4) is 5.75 Å². The Hall–Kier alpha value is -2.56. The van der Waals surface area contributed by atoms with E-state index < -0.39 is 0 Å². The molecule has 1 amide bonds. The molecule has 2 aromatic rings. The van der Waals surface area contributed by atoms with Crippen LogP contribution in [0.4, 0.5) is 0 Å². The minimum absolute atomic E-state index is 0.0182. The average Bonchev–Trinajstić information content (AvgIpc) is 2.61. The second-order valence-electron chi connectivity index (χ2n) is 7.05. The number of hydrogen-bond acceptors (Lipinski definition) is 3. The van der Waals surface area contributed by atoms with Gasteiger partial charge in [0.05, 0.1) is 0 Å². The van der Waals surface area contributed by atoms with Crippen LogP contribution in [0.15, 0.2) is 47.3 Å². The first-order chi connectivity index (χ1) is 12.1. The molecule has 0 aliphatic carbocycles. The molecule has 0 saturated carbocycles. The van der Waals surface area contributed by atoms with Crippen LogP contribution in [-0.2, 0) is 11.3 Å². The summed E-state index contributed by atoms with van der Waals surface area (Å²) < 4.78 is 7.60. The number of carbonyl (C=O) groups excluding carboxylic acids is 1. The highest BCUT2D eigenvalue weighted by Gasteiger charge is 2.36. The van der Waals surface area contributed by atoms with E-state index in [-0.39, 0.29) is 24.0 Å². The third kappa shape index (κ3) is 3.06. The summed E-state index contributed by atoms with van der Waals surface area (Å²) in [6.07, 6.45) is 1.05. The molecule has 3 heterocycles. The van der Waals surface area contributed by atoms with Gasteiger partial charge in [0.1, 0.15) is 5.75 Å². The molecule has 130 valence electrons. The van der Waals surface area contributed by atoms with Gasteiger partial charge in [-0.3, -0.25) is 9.59 Å². The zero-order valence-electron chi connectivity index (χ0n) is 14.4. The first-order valence-electron chi connectivity index (χ1n) is 8.78. The van der Waals surface area contributed by atoms with E-state index >= 15 is 0 Å². The smallest absolute Gasteiger partial charge is 0.260 e. The number of hydrogen-bond donors (Lipinski definition) is 0. The van der Waals surface area contributed by atoms with Gasteiger partial charge in [-0.25, -0.2) is 0 Å². The number of para-hydroxylation sites is 1. The summed E-state index contributed by atoms with van der Waals surface area (Å²) in [7, 11) is 0. The third-order valence-electron chi connectivity index (χ3n) is 5.28. The second-order valence-corrected chi connectivity index (χ2v) is 7.05. The van der Waals surface area contributed by atoms with E-state index in [1.165, 1.54) is 0 Å². The fraction of sp³-hybridized carbons (Fsp3) is 0.400. The van der Waals surface area contributed by atoms with Crippen LogP contribution in [0.5, 0.6) is 5.75 Å². The lowest BCUT2D eigenvalue weighted by Gasteiger charge is -2.42. The molecule has 1 saturated heterocycles. The molecule has 1 aromatic carbocycles. The van der Waals surface area contributed by atoms with Gasteiger partial charge in [-0.05, 0) is 37.0 Å². The maximum Gasteiger partial charge on any atom is 0.260 e. The lowest BCUT2D eigenvalue weighted by atomic mass is 9.83. The predicted molar refractivity (Wildman–Crippen MR) is 94.8 cm³/mol. The van der Waals surface area contributed by atoms with Gasteiger partial charge < -0.3 is 14.2 Å². The van der Waals surface area contributed by atoms with Gasteiger partial charge >= 0.3 is 0 Å². The molecule has 5 heteroatoms. The number of piperidine rings is 1. The molecule has 0 radical (unpaired) electrons. The Labute approximate surface area is 146 Å². The number of ether oxygens (including phenoxy) is 1. The molecule has 0 N–H and O–H groups in total. The molecule has 4 rings (SSSR count). The van der Waals surface area contributed by atoms with E-state index in [4.69, 9.17) is 4.74 Å². The molecule has 2 aliphatic heterocycles. The van der Waals surface area contributed by atoms with Gasteiger partial charge in [0.2, 0.25) is 0 Å². The fourth-order valence-corrected chi connectivity index (χ4v) is 4.05. The van der Waals surface area contributed by atoms with Crippen molar-refractivity contribution in [2.45, 2.75) is 25.8 Å². The molecular weight excluding hydrogens is 316 g/mol. The van der Waals surface area contributed by atoms with E-state index in [1.807, 2.05) is 52.8 Å². The van der Waals surface area contributed by atoms with Crippen molar-refractivity contribution in [1.29, 1.82) is 0 Å². The summed E-state index contributed by atoms with van der Waals surface area (Å²) in [4.78, 5) is 26.6. The van der Waals surface area contributed by atoms with Crippen LogP contribution >= 0.6 is 0 Å². The number of aromatic nitrogens is 1. The van der Waals surface area contributed by atoms with Crippen LogP contribution in [0.2, 0.25) is 0 Å². The Morgan fingerprint density at radius 2 is 1.96 bits per heavy atom. The Morgan fingerprint density at radius 3 is 2.80 bits per heavy atom. The summed E-state index contributed by atoms with van der Waals surface area (Å²) in [6.45, 7) is 4.10. The van der Waals surface area contributed by atoms with Crippen molar-refractivity contribution >= 4 is 5.91 Å². The van der Waals surface area contributed by atoms with Crippen LogP contribution < -0.4 is 10.3 Å². The summed E-state index contributed by atoms with van der Waals surface area (Å²) in [5.41, 5.74) is 2.15. The summed E-state index contributed by atoms with van der Waals surface area (Å²) >= 11 is 0. The highest BCUT2D eigenvalue weighted by atomic mass is 16.5. The zero-order valence-corrected chi connectivity index (χ0v) is 14.4. The first-order valence-corrected chi connectivity index (χ1v) is 8.78. The Balaban J connectivity index is 1.46. The normalized spacial score (nSPS) is 21.6. The molecule has 1 aromatic heterocycles. The zero-order chi connectivity index (χ0) is 17.4. The van der Waals surface area contributed by atoms with Gasteiger partial charge in [0.15, 0.2) is 6.61 Å².